The van der Waals surface area contributed by atoms with E-state index in [1.54, 1.807) is 0 Å². The minimum absolute atomic E-state index is 0.271. The molecule has 0 radical (unpaired) electrons. The standard InChI is InChI=1S/C72H51N3O/c1-71(2)60-41-48(31-34-51(60)52-35-33-50(43-61(52)71)75-63-22-12-8-18-54(63)55-19-9-13-23-64(55)75)73(47-29-26-44(27-30-47)45-28-39-68-59(40-45)56-20-11-15-25-67(56)76-68)49-32-36-53-57-37-38-66-69(70(57)72(3,4)62(53)42-49)58-21-10-14-24-65(58)74(66)46-16-6-5-7-17-46/h5-43H,1-4H3. The Balaban J connectivity index is 0.843. The summed E-state index contributed by atoms with van der Waals surface area (Å²) in [5.74, 6) is 0. The predicted molar refractivity (Wildman–Crippen MR) is 318 cm³/mol. The summed E-state index contributed by atoms with van der Waals surface area (Å²) in [6, 6.07) is 87.6. The molecule has 16 rings (SSSR count). The highest BCUT2D eigenvalue weighted by Gasteiger charge is 2.40. The van der Waals surface area contributed by atoms with Gasteiger partial charge in [-0.15, -0.1) is 0 Å². The van der Waals surface area contributed by atoms with E-state index in [-0.39, 0.29) is 10.8 Å². The molecule has 4 nitrogen and oxygen atoms in total. The van der Waals surface area contributed by atoms with E-state index >= 15 is 0 Å². The van der Waals surface area contributed by atoms with Gasteiger partial charge in [-0.3, -0.25) is 0 Å². The third-order valence-electron chi connectivity index (χ3n) is 17.3. The Hall–Kier alpha value is -9.38. The second-order valence-electron chi connectivity index (χ2n) is 22.1. The highest BCUT2D eigenvalue weighted by Crippen LogP contribution is 2.56. The van der Waals surface area contributed by atoms with Crippen LogP contribution in [0.5, 0.6) is 0 Å². The third-order valence-corrected chi connectivity index (χ3v) is 17.3. The normalized spacial score (nSPS) is 14.0. The van der Waals surface area contributed by atoms with Crippen LogP contribution < -0.4 is 4.90 Å². The number of hydrogen-bond acceptors (Lipinski definition) is 2. The van der Waals surface area contributed by atoms with E-state index in [2.05, 4.69) is 266 Å². The topological polar surface area (TPSA) is 26.2 Å². The average molecular weight is 974 g/mol. The van der Waals surface area contributed by atoms with Crippen molar-refractivity contribution in [1.29, 1.82) is 0 Å². The van der Waals surface area contributed by atoms with Crippen LogP contribution in [0.3, 0.4) is 0 Å². The Kier molecular flexibility index (Phi) is 8.83. The van der Waals surface area contributed by atoms with Crippen molar-refractivity contribution in [2.45, 2.75) is 38.5 Å². The van der Waals surface area contributed by atoms with Crippen molar-refractivity contribution in [3.63, 3.8) is 0 Å². The SMILES string of the molecule is CC1(C)c2cc(N(c3ccc(-c4ccc5oc6ccccc6c5c4)cc3)c3ccc4c(c3)C(C)(C)c3c-4ccc4c3c3ccccc3n4-c3ccccc3)ccc2-c2ccc(-n3c4ccccc4c4ccccc43)cc21. The number of rotatable bonds is 6. The fourth-order valence-corrected chi connectivity index (χ4v) is 13.7. The van der Waals surface area contributed by atoms with Gasteiger partial charge in [0.15, 0.2) is 0 Å². The molecule has 11 aromatic carbocycles. The summed E-state index contributed by atoms with van der Waals surface area (Å²) in [7, 11) is 0. The number of anilines is 3. The number of furan rings is 1. The summed E-state index contributed by atoms with van der Waals surface area (Å²) < 4.78 is 11.1. The van der Waals surface area contributed by atoms with Gasteiger partial charge in [-0.1, -0.05) is 161 Å². The molecule has 0 N–H and O–H groups in total. The maximum Gasteiger partial charge on any atom is 0.135 e. The van der Waals surface area contributed by atoms with E-state index in [1.807, 2.05) is 12.1 Å². The average Bonchev–Trinajstić information content (AvgIpc) is 4.40. The van der Waals surface area contributed by atoms with E-state index in [4.69, 9.17) is 4.42 Å². The molecule has 0 amide bonds. The molecule has 3 aromatic heterocycles. The van der Waals surface area contributed by atoms with Crippen molar-refractivity contribution >= 4 is 82.6 Å². The first-order chi connectivity index (χ1) is 37.2. The van der Waals surface area contributed by atoms with Crippen molar-refractivity contribution < 1.29 is 4.42 Å². The molecule has 0 saturated heterocycles. The van der Waals surface area contributed by atoms with E-state index in [0.29, 0.717) is 0 Å². The number of para-hydroxylation sites is 5. The molecule has 0 fully saturated rings. The Morgan fingerprint density at radius 1 is 0.329 bits per heavy atom. The fourth-order valence-electron chi connectivity index (χ4n) is 13.7. The van der Waals surface area contributed by atoms with Crippen LogP contribution in [0.4, 0.5) is 17.1 Å². The van der Waals surface area contributed by atoms with Crippen LogP contribution in [0, 0.1) is 0 Å². The largest absolute Gasteiger partial charge is 0.456 e. The number of hydrogen-bond donors (Lipinski definition) is 0. The number of aromatic nitrogens is 2. The molecule has 0 atom stereocenters. The zero-order chi connectivity index (χ0) is 50.6. The Morgan fingerprint density at radius 2 is 0.829 bits per heavy atom. The van der Waals surface area contributed by atoms with Gasteiger partial charge in [-0.25, -0.2) is 0 Å². The van der Waals surface area contributed by atoms with Gasteiger partial charge in [0.1, 0.15) is 11.2 Å². The smallest absolute Gasteiger partial charge is 0.135 e. The quantitative estimate of drug-likeness (QED) is 0.166. The first kappa shape index (κ1) is 43.1. The summed E-state index contributed by atoms with van der Waals surface area (Å²) in [4.78, 5) is 2.48. The van der Waals surface area contributed by atoms with Crippen LogP contribution in [0.2, 0.25) is 0 Å². The van der Waals surface area contributed by atoms with Gasteiger partial charge < -0.3 is 18.5 Å². The molecular formula is C72H51N3O. The summed E-state index contributed by atoms with van der Waals surface area (Å²) in [6.45, 7) is 9.66. The molecule has 2 aliphatic carbocycles. The molecule has 0 spiro atoms. The lowest BCUT2D eigenvalue weighted by atomic mass is 9.80. The summed E-state index contributed by atoms with van der Waals surface area (Å²) in [5, 5.41) is 7.42. The van der Waals surface area contributed by atoms with Crippen LogP contribution >= 0.6 is 0 Å². The molecule has 76 heavy (non-hydrogen) atoms. The maximum absolute atomic E-state index is 6.23. The molecule has 0 bridgehead atoms. The molecule has 14 aromatic rings. The summed E-state index contributed by atoms with van der Waals surface area (Å²) in [5.41, 5.74) is 24.8. The molecule has 360 valence electrons. The van der Waals surface area contributed by atoms with Gasteiger partial charge in [0.25, 0.3) is 0 Å². The highest BCUT2D eigenvalue weighted by atomic mass is 16.3. The molecule has 2 aliphatic rings. The number of fused-ring (bicyclic) bond motifs is 16. The van der Waals surface area contributed by atoms with Crippen LogP contribution in [0.25, 0.3) is 110 Å². The Bertz CT molecular complexity index is 4700. The summed E-state index contributed by atoms with van der Waals surface area (Å²) >= 11 is 0. The minimum atomic E-state index is -0.299. The van der Waals surface area contributed by atoms with Crippen LogP contribution in [0.1, 0.15) is 49.9 Å². The molecule has 3 heterocycles. The van der Waals surface area contributed by atoms with E-state index < -0.39 is 0 Å². The zero-order valence-electron chi connectivity index (χ0n) is 42.8. The Morgan fingerprint density at radius 3 is 1.53 bits per heavy atom. The molecule has 0 saturated carbocycles. The molecule has 4 heteroatoms. The van der Waals surface area contributed by atoms with Crippen LogP contribution in [-0.2, 0) is 10.8 Å². The zero-order valence-corrected chi connectivity index (χ0v) is 42.8. The van der Waals surface area contributed by atoms with E-state index in [0.717, 1.165) is 50.1 Å². The monoisotopic (exact) mass is 973 g/mol. The predicted octanol–water partition coefficient (Wildman–Crippen LogP) is 19.5. The lowest BCUT2D eigenvalue weighted by Crippen LogP contribution is -2.18. The minimum Gasteiger partial charge on any atom is -0.456 e. The molecule has 0 aliphatic heterocycles. The second kappa shape index (κ2) is 15.6. The first-order valence-corrected chi connectivity index (χ1v) is 26.6. The van der Waals surface area contributed by atoms with Gasteiger partial charge >= 0.3 is 0 Å². The highest BCUT2D eigenvalue weighted by molar-refractivity contribution is 6.15. The second-order valence-corrected chi connectivity index (χ2v) is 22.1. The Labute approximate surface area is 440 Å². The number of nitrogens with zero attached hydrogens (tertiary/aromatic N) is 3. The van der Waals surface area contributed by atoms with Crippen molar-refractivity contribution in [2.24, 2.45) is 0 Å². The van der Waals surface area contributed by atoms with Crippen LogP contribution in [0.15, 0.2) is 241 Å². The summed E-state index contributed by atoms with van der Waals surface area (Å²) in [6.07, 6.45) is 0. The van der Waals surface area contributed by atoms with Gasteiger partial charge in [0, 0.05) is 71.6 Å². The molecule has 0 unspecified atom stereocenters. The lowest BCUT2D eigenvalue weighted by Gasteiger charge is -2.30. The van der Waals surface area contributed by atoms with E-state index in [9.17, 15) is 0 Å². The maximum atomic E-state index is 6.23. The van der Waals surface area contributed by atoms with Gasteiger partial charge in [-0.2, -0.15) is 0 Å². The van der Waals surface area contributed by atoms with Crippen molar-refractivity contribution in [1.82, 2.24) is 9.13 Å². The van der Waals surface area contributed by atoms with Crippen LogP contribution in [-0.4, -0.2) is 9.13 Å². The van der Waals surface area contributed by atoms with E-state index in [1.165, 1.54) is 99.5 Å². The van der Waals surface area contributed by atoms with Crippen molar-refractivity contribution in [2.75, 3.05) is 4.90 Å². The van der Waals surface area contributed by atoms with Gasteiger partial charge in [0.05, 0.1) is 22.1 Å². The van der Waals surface area contributed by atoms with Gasteiger partial charge in [-0.05, 0) is 159 Å². The molecular weight excluding hydrogens is 923 g/mol. The van der Waals surface area contributed by atoms with Gasteiger partial charge in [0.2, 0.25) is 0 Å². The number of benzene rings is 11. The fraction of sp³-hybridized carbons (Fsp3) is 0.0833. The van der Waals surface area contributed by atoms with Crippen molar-refractivity contribution in [3.8, 4) is 44.8 Å². The first-order valence-electron chi connectivity index (χ1n) is 26.6. The third kappa shape index (κ3) is 5.95. The lowest BCUT2D eigenvalue weighted by molar-refractivity contribution is 0.660. The van der Waals surface area contributed by atoms with Crippen molar-refractivity contribution in [3.05, 3.63) is 259 Å².